The molecule has 0 aromatic carbocycles. The number of nitrogens with one attached hydrogen (secondary N) is 1. The fraction of sp³-hybridized carbons (Fsp3) is 0.517. The van der Waals surface area contributed by atoms with Gasteiger partial charge in [-0.3, -0.25) is 4.98 Å². The highest BCUT2D eigenvalue weighted by Crippen LogP contribution is 2.35. The van der Waals surface area contributed by atoms with Gasteiger partial charge in [0.05, 0.1) is 41.4 Å². The first kappa shape index (κ1) is 29.3. The Balaban J connectivity index is 1.57. The lowest BCUT2D eigenvalue weighted by Crippen LogP contribution is -2.22. The van der Waals surface area contributed by atoms with Crippen molar-refractivity contribution in [3.63, 3.8) is 0 Å². The van der Waals surface area contributed by atoms with E-state index < -0.39 is 8.07 Å². The average molecular weight is 582 g/mol. The summed E-state index contributed by atoms with van der Waals surface area (Å²) < 4.78 is 29.3. The minimum absolute atomic E-state index is 0.177. The van der Waals surface area contributed by atoms with Crippen molar-refractivity contribution < 1.29 is 19.0 Å². The Bertz CT molecular complexity index is 1480. The van der Waals surface area contributed by atoms with Crippen LogP contribution in [-0.4, -0.2) is 55.9 Å². The molecule has 1 aliphatic heterocycles. The van der Waals surface area contributed by atoms with E-state index in [4.69, 9.17) is 24.7 Å². The van der Waals surface area contributed by atoms with Gasteiger partial charge >= 0.3 is 0 Å². The molecule has 4 aromatic heterocycles. The van der Waals surface area contributed by atoms with E-state index in [0.717, 1.165) is 36.7 Å². The van der Waals surface area contributed by atoms with E-state index in [-0.39, 0.29) is 31.4 Å². The molecule has 4 aromatic rings. The number of hydrogen-bond acceptors (Lipinski definition) is 8. The number of hydrogen-bond donors (Lipinski definition) is 2. The van der Waals surface area contributed by atoms with Gasteiger partial charge in [-0.15, -0.1) is 0 Å². The molecule has 41 heavy (non-hydrogen) atoms. The standard InChI is InChI=1S/C29H40FN7O3Si/c1-19-14-24(37(34-19)26-8-6-7-11-40-26)27-28-29(36(35-27)18-39-12-13-41(3,4)5)21(17-38)15-25(33-28)32-20(2)23-10-9-22(30)16-31-23/h9-10,14-16,20,26,38H,6-8,11-13,17-18H2,1-5H3,(H,32,33)/t20-,26?/m0/s1. The summed E-state index contributed by atoms with van der Waals surface area (Å²) in [5.41, 5.74) is 5.00. The monoisotopic (exact) mass is 581 g/mol. The molecule has 5 rings (SSSR count). The fourth-order valence-corrected chi connectivity index (χ4v) is 5.78. The summed E-state index contributed by atoms with van der Waals surface area (Å²) in [6.45, 7) is 12.2. The van der Waals surface area contributed by atoms with Crippen molar-refractivity contribution in [2.24, 2.45) is 0 Å². The number of halogens is 1. The minimum Gasteiger partial charge on any atom is -0.392 e. The number of aliphatic hydroxyl groups is 1. The van der Waals surface area contributed by atoms with Gasteiger partial charge in [-0.1, -0.05) is 19.6 Å². The number of aliphatic hydroxyl groups excluding tert-OH is 1. The molecule has 0 bridgehead atoms. The van der Waals surface area contributed by atoms with Gasteiger partial charge in [0.15, 0.2) is 6.23 Å². The van der Waals surface area contributed by atoms with Crippen LogP contribution in [0, 0.1) is 12.7 Å². The molecular weight excluding hydrogens is 541 g/mol. The maximum atomic E-state index is 13.4. The second-order valence-corrected chi connectivity index (χ2v) is 17.5. The van der Waals surface area contributed by atoms with E-state index in [2.05, 4.69) is 29.9 Å². The molecule has 1 saturated heterocycles. The fourth-order valence-electron chi connectivity index (χ4n) is 5.02. The Kier molecular flexibility index (Phi) is 8.83. The lowest BCUT2D eigenvalue weighted by Gasteiger charge is -2.24. The number of ether oxygens (including phenoxy) is 2. The molecule has 0 spiro atoms. The molecular formula is C29H40FN7O3Si. The number of pyridine rings is 2. The third-order valence-corrected chi connectivity index (χ3v) is 8.95. The van der Waals surface area contributed by atoms with Gasteiger partial charge in [0.1, 0.15) is 29.6 Å². The summed E-state index contributed by atoms with van der Waals surface area (Å²) in [7, 11) is -1.26. The largest absolute Gasteiger partial charge is 0.392 e. The molecule has 1 aliphatic rings. The van der Waals surface area contributed by atoms with Gasteiger partial charge in [0, 0.05) is 26.9 Å². The van der Waals surface area contributed by atoms with Gasteiger partial charge in [-0.05, 0) is 63.4 Å². The molecule has 0 amide bonds. The van der Waals surface area contributed by atoms with Crippen LogP contribution in [0.1, 0.15) is 55.4 Å². The van der Waals surface area contributed by atoms with Crippen molar-refractivity contribution >= 4 is 24.9 Å². The highest BCUT2D eigenvalue weighted by atomic mass is 28.3. The molecule has 12 heteroatoms. The maximum absolute atomic E-state index is 13.4. The van der Waals surface area contributed by atoms with Gasteiger partial charge in [0.2, 0.25) is 0 Å². The zero-order valence-corrected chi connectivity index (χ0v) is 25.5. The molecule has 0 radical (unpaired) electrons. The van der Waals surface area contributed by atoms with Gasteiger partial charge in [-0.2, -0.15) is 10.2 Å². The highest BCUT2D eigenvalue weighted by Gasteiger charge is 2.26. The molecule has 1 fully saturated rings. The molecule has 10 nitrogen and oxygen atoms in total. The van der Waals surface area contributed by atoms with Gasteiger partial charge in [0.25, 0.3) is 0 Å². The van der Waals surface area contributed by atoms with Crippen LogP contribution >= 0.6 is 0 Å². The van der Waals surface area contributed by atoms with Crippen LogP contribution in [0.3, 0.4) is 0 Å². The third kappa shape index (κ3) is 6.83. The summed E-state index contributed by atoms with van der Waals surface area (Å²) in [6, 6.07) is 7.64. The Morgan fingerprint density at radius 1 is 1.22 bits per heavy atom. The number of anilines is 1. The molecule has 2 N–H and O–H groups in total. The number of aryl methyl sites for hydroxylation is 1. The third-order valence-electron chi connectivity index (χ3n) is 7.24. The lowest BCUT2D eigenvalue weighted by molar-refractivity contribution is -0.0385. The minimum atomic E-state index is -1.26. The summed E-state index contributed by atoms with van der Waals surface area (Å²) in [4.78, 5) is 9.19. The summed E-state index contributed by atoms with van der Waals surface area (Å²) in [6.07, 6.45) is 4.00. The van der Waals surface area contributed by atoms with Crippen molar-refractivity contribution in [1.29, 1.82) is 0 Å². The van der Waals surface area contributed by atoms with Crippen LogP contribution in [0.25, 0.3) is 22.4 Å². The molecule has 5 heterocycles. The first-order valence-electron chi connectivity index (χ1n) is 14.3. The van der Waals surface area contributed by atoms with Crippen molar-refractivity contribution in [2.75, 3.05) is 18.5 Å². The summed E-state index contributed by atoms with van der Waals surface area (Å²) in [5.74, 6) is 0.165. The first-order chi connectivity index (χ1) is 19.6. The van der Waals surface area contributed by atoms with Crippen molar-refractivity contribution in [1.82, 2.24) is 29.5 Å². The van der Waals surface area contributed by atoms with Gasteiger partial charge < -0.3 is 19.9 Å². The average Bonchev–Trinajstić information content (AvgIpc) is 3.51. The van der Waals surface area contributed by atoms with E-state index >= 15 is 0 Å². The summed E-state index contributed by atoms with van der Waals surface area (Å²) >= 11 is 0. The van der Waals surface area contributed by atoms with Crippen LogP contribution in [0.5, 0.6) is 0 Å². The Hall–Kier alpha value is -3.19. The van der Waals surface area contributed by atoms with Crippen LogP contribution in [0.4, 0.5) is 10.2 Å². The van der Waals surface area contributed by atoms with E-state index in [0.29, 0.717) is 47.0 Å². The van der Waals surface area contributed by atoms with E-state index in [1.54, 1.807) is 10.7 Å². The molecule has 220 valence electrons. The van der Waals surface area contributed by atoms with Crippen LogP contribution in [-0.2, 0) is 22.8 Å². The number of rotatable bonds is 11. The second kappa shape index (κ2) is 12.4. The van der Waals surface area contributed by atoms with Crippen LogP contribution in [0.2, 0.25) is 25.7 Å². The predicted octanol–water partition coefficient (Wildman–Crippen LogP) is 5.81. The quantitative estimate of drug-likeness (QED) is 0.169. The number of aromatic nitrogens is 6. The van der Waals surface area contributed by atoms with Crippen LogP contribution in [0.15, 0.2) is 30.5 Å². The van der Waals surface area contributed by atoms with Crippen molar-refractivity contribution in [3.8, 4) is 11.4 Å². The highest BCUT2D eigenvalue weighted by molar-refractivity contribution is 6.76. The van der Waals surface area contributed by atoms with Crippen LogP contribution < -0.4 is 5.32 Å². The molecule has 0 saturated carbocycles. The Morgan fingerprint density at radius 2 is 2.05 bits per heavy atom. The zero-order chi connectivity index (χ0) is 29.1. The lowest BCUT2D eigenvalue weighted by atomic mass is 10.1. The Labute approximate surface area is 240 Å². The molecule has 0 aliphatic carbocycles. The molecule has 2 atom stereocenters. The summed E-state index contributed by atoms with van der Waals surface area (Å²) in [5, 5.41) is 23.6. The smallest absolute Gasteiger partial charge is 0.150 e. The zero-order valence-electron chi connectivity index (χ0n) is 24.5. The first-order valence-corrected chi connectivity index (χ1v) is 18.0. The van der Waals surface area contributed by atoms with E-state index in [9.17, 15) is 9.50 Å². The van der Waals surface area contributed by atoms with Crippen molar-refractivity contribution in [2.45, 2.75) is 84.4 Å². The Morgan fingerprint density at radius 3 is 2.73 bits per heavy atom. The second-order valence-electron chi connectivity index (χ2n) is 11.9. The van der Waals surface area contributed by atoms with Gasteiger partial charge in [-0.25, -0.2) is 18.7 Å². The van der Waals surface area contributed by atoms with E-state index in [1.165, 1.54) is 12.3 Å². The number of nitrogens with zero attached hydrogens (tertiary/aromatic N) is 6. The normalized spacial score (nSPS) is 16.8. The molecule has 1 unspecified atom stereocenters. The number of fused-ring (bicyclic) bond motifs is 1. The maximum Gasteiger partial charge on any atom is 0.150 e. The van der Waals surface area contributed by atoms with E-state index in [1.807, 2.05) is 30.7 Å². The SMILES string of the molecule is Cc1cc(-c2nn(COCC[Si](C)(C)C)c3c(CO)cc(N[C@@H](C)c4ccc(F)cn4)nc23)n(C2CCCCO2)n1. The topological polar surface area (TPSA) is 112 Å². The predicted molar refractivity (Wildman–Crippen MR) is 159 cm³/mol. The van der Waals surface area contributed by atoms with Crippen molar-refractivity contribution in [3.05, 3.63) is 53.2 Å².